The first-order valence-electron chi connectivity index (χ1n) is 22.0. The molecule has 296 valence electrons. The second-order valence-electron chi connectivity index (χ2n) is 16.3. The lowest BCUT2D eigenvalue weighted by Gasteiger charge is -2.33. The number of allylic oxidation sites excluding steroid dienone is 16. The maximum absolute atomic E-state index is 6.46. The highest BCUT2D eigenvalue weighted by atomic mass is 16.5. The van der Waals surface area contributed by atoms with Gasteiger partial charge in [0.05, 0.1) is 31.8 Å². The van der Waals surface area contributed by atoms with Crippen molar-refractivity contribution in [2.24, 2.45) is 29.1 Å². The van der Waals surface area contributed by atoms with E-state index in [-0.39, 0.29) is 5.41 Å². The predicted octanol–water partition coefficient (Wildman–Crippen LogP) is 12.8. The molecule has 0 aromatic carbocycles. The van der Waals surface area contributed by atoms with Gasteiger partial charge in [-0.3, -0.25) is 0 Å². The van der Waals surface area contributed by atoms with Gasteiger partial charge in [-0.2, -0.15) is 0 Å². The van der Waals surface area contributed by atoms with Crippen molar-refractivity contribution in [3.8, 4) is 0 Å². The first-order valence-corrected chi connectivity index (χ1v) is 22.0. The molecule has 4 aliphatic rings. The monoisotopic (exact) mass is 729 g/mol. The van der Waals surface area contributed by atoms with Crippen LogP contribution in [0.25, 0.3) is 0 Å². The average Bonchev–Trinajstić information content (AvgIpc) is 4.02. The van der Waals surface area contributed by atoms with Gasteiger partial charge in [0.15, 0.2) is 0 Å². The minimum absolute atomic E-state index is 0.273. The van der Waals surface area contributed by atoms with Crippen molar-refractivity contribution in [1.29, 1.82) is 0 Å². The van der Waals surface area contributed by atoms with Crippen LogP contribution in [-0.4, -0.2) is 52.9 Å². The zero-order valence-corrected chi connectivity index (χ0v) is 33.5. The van der Waals surface area contributed by atoms with Crippen LogP contribution >= 0.6 is 0 Å². The molecule has 0 aliphatic heterocycles. The fourth-order valence-electron chi connectivity index (χ4n) is 7.84. The van der Waals surface area contributed by atoms with E-state index < -0.39 is 0 Å². The Balaban J connectivity index is 1.17. The zero-order valence-electron chi connectivity index (χ0n) is 33.5. The molecule has 4 nitrogen and oxygen atoms in total. The molecule has 4 aliphatic carbocycles. The van der Waals surface area contributed by atoms with Crippen LogP contribution in [0, 0.1) is 29.1 Å². The minimum Gasteiger partial charge on any atom is -0.381 e. The molecule has 4 heteroatoms. The van der Waals surface area contributed by atoms with E-state index in [0.717, 1.165) is 52.1 Å². The fraction of sp³-hybridized carbons (Fsp3) is 0.673. The maximum atomic E-state index is 6.46. The highest BCUT2D eigenvalue weighted by molar-refractivity contribution is 5.19. The molecular formula is C49H76O4. The van der Waals surface area contributed by atoms with Gasteiger partial charge in [0.1, 0.15) is 0 Å². The van der Waals surface area contributed by atoms with E-state index in [4.69, 9.17) is 18.9 Å². The van der Waals surface area contributed by atoms with Crippen molar-refractivity contribution < 1.29 is 18.9 Å². The number of rotatable bonds is 36. The summed E-state index contributed by atoms with van der Waals surface area (Å²) in [5, 5.41) is 0. The summed E-state index contributed by atoms with van der Waals surface area (Å²) in [5.74, 6) is 2.60. The summed E-state index contributed by atoms with van der Waals surface area (Å²) < 4.78 is 25.8. The first-order chi connectivity index (χ1) is 26.3. The smallest absolute Gasteiger partial charge is 0.0637 e. The Hall–Kier alpha value is -2.24. The lowest BCUT2D eigenvalue weighted by atomic mass is 9.92. The van der Waals surface area contributed by atoms with Crippen LogP contribution in [0.2, 0.25) is 0 Å². The van der Waals surface area contributed by atoms with Crippen molar-refractivity contribution in [2.75, 3.05) is 52.9 Å². The van der Waals surface area contributed by atoms with Crippen LogP contribution in [0.5, 0.6) is 0 Å². The Bertz CT molecular complexity index is 925. The van der Waals surface area contributed by atoms with E-state index in [9.17, 15) is 0 Å². The quantitative estimate of drug-likeness (QED) is 0.0602. The Labute approximate surface area is 325 Å². The number of hydrogen-bond acceptors (Lipinski definition) is 4. The van der Waals surface area contributed by atoms with E-state index in [0.29, 0.717) is 50.1 Å². The number of ether oxygens (including phenoxy) is 4. The van der Waals surface area contributed by atoms with Gasteiger partial charge in [-0.25, -0.2) is 0 Å². The van der Waals surface area contributed by atoms with Gasteiger partial charge >= 0.3 is 0 Å². The third-order valence-electron chi connectivity index (χ3n) is 11.2. The van der Waals surface area contributed by atoms with Gasteiger partial charge in [0, 0.05) is 26.4 Å². The molecule has 0 N–H and O–H groups in total. The van der Waals surface area contributed by atoms with Gasteiger partial charge in [-0.05, 0) is 75.0 Å². The molecular weight excluding hydrogens is 653 g/mol. The Morgan fingerprint density at radius 1 is 0.264 bits per heavy atom. The van der Waals surface area contributed by atoms with Crippen LogP contribution in [0.1, 0.15) is 128 Å². The molecule has 4 rings (SSSR count). The second kappa shape index (κ2) is 29.1. The summed E-state index contributed by atoms with van der Waals surface area (Å²) in [7, 11) is 0. The summed E-state index contributed by atoms with van der Waals surface area (Å²) in [5.41, 5.74) is -0.273. The largest absolute Gasteiger partial charge is 0.381 e. The predicted molar refractivity (Wildman–Crippen MR) is 225 cm³/mol. The normalized spacial score (nSPS) is 17.1. The first kappa shape index (κ1) is 43.5. The highest BCUT2D eigenvalue weighted by Crippen LogP contribution is 2.24. The second-order valence-corrected chi connectivity index (χ2v) is 16.3. The summed E-state index contributed by atoms with van der Waals surface area (Å²) in [6, 6.07) is 0. The van der Waals surface area contributed by atoms with Crippen LogP contribution < -0.4 is 0 Å². The maximum Gasteiger partial charge on any atom is 0.0637 e. The minimum atomic E-state index is -0.273. The lowest BCUT2D eigenvalue weighted by molar-refractivity contribution is -0.108. The molecule has 0 heterocycles. The standard InChI is InChI=1S/C49H76O4/c1(9-25-45-29-13-14-30-45)5-21-37-50-41-49(42-51-38-22-6-2-10-26-46-31-15-16-32-46,43-52-39-23-7-3-11-27-47-33-17-18-34-47)44-53-40-24-8-4-12-28-48-35-19-20-36-48/h13-20,29-36,45-48H,1-12,21-28,37-44H2. The lowest BCUT2D eigenvalue weighted by Crippen LogP contribution is -2.42. The Morgan fingerprint density at radius 3 is 0.698 bits per heavy atom. The van der Waals surface area contributed by atoms with E-state index in [2.05, 4.69) is 97.2 Å². The topological polar surface area (TPSA) is 36.9 Å². The summed E-state index contributed by atoms with van der Waals surface area (Å²) in [4.78, 5) is 0. The molecule has 0 bridgehead atoms. The number of unbranched alkanes of at least 4 members (excludes halogenated alkanes) is 12. The van der Waals surface area contributed by atoms with E-state index in [1.807, 2.05) is 0 Å². The molecule has 0 fully saturated rings. The average molecular weight is 729 g/mol. The molecule has 0 atom stereocenters. The molecule has 0 amide bonds. The van der Waals surface area contributed by atoms with Crippen LogP contribution in [0.15, 0.2) is 97.2 Å². The van der Waals surface area contributed by atoms with Crippen molar-refractivity contribution in [1.82, 2.24) is 0 Å². The van der Waals surface area contributed by atoms with E-state index in [1.54, 1.807) is 0 Å². The van der Waals surface area contributed by atoms with Crippen molar-refractivity contribution in [3.05, 3.63) is 97.2 Å². The fourth-order valence-corrected chi connectivity index (χ4v) is 7.84. The molecule has 0 aromatic rings. The van der Waals surface area contributed by atoms with Crippen molar-refractivity contribution in [3.63, 3.8) is 0 Å². The van der Waals surface area contributed by atoms with Crippen LogP contribution in [0.4, 0.5) is 0 Å². The van der Waals surface area contributed by atoms with Crippen molar-refractivity contribution >= 4 is 0 Å². The zero-order chi connectivity index (χ0) is 36.8. The van der Waals surface area contributed by atoms with Gasteiger partial charge in [-0.15, -0.1) is 0 Å². The highest BCUT2D eigenvalue weighted by Gasteiger charge is 2.32. The van der Waals surface area contributed by atoms with Gasteiger partial charge in [0.25, 0.3) is 0 Å². The van der Waals surface area contributed by atoms with Gasteiger partial charge < -0.3 is 18.9 Å². The molecule has 53 heavy (non-hydrogen) atoms. The van der Waals surface area contributed by atoms with Gasteiger partial charge in [0.2, 0.25) is 0 Å². The van der Waals surface area contributed by atoms with E-state index >= 15 is 0 Å². The molecule has 0 radical (unpaired) electrons. The number of hydrogen-bond donors (Lipinski definition) is 0. The van der Waals surface area contributed by atoms with E-state index in [1.165, 1.54) is 103 Å². The molecule has 0 saturated carbocycles. The molecule has 0 unspecified atom stereocenters. The Morgan fingerprint density at radius 2 is 0.472 bits per heavy atom. The summed E-state index contributed by atoms with van der Waals surface area (Å²) in [6.45, 7) is 5.74. The Kier molecular flexibility index (Phi) is 23.9. The third kappa shape index (κ3) is 20.9. The van der Waals surface area contributed by atoms with Crippen LogP contribution in [0.3, 0.4) is 0 Å². The molecule has 0 saturated heterocycles. The van der Waals surface area contributed by atoms with Crippen molar-refractivity contribution in [2.45, 2.75) is 128 Å². The van der Waals surface area contributed by atoms with Gasteiger partial charge in [-0.1, -0.05) is 174 Å². The third-order valence-corrected chi connectivity index (χ3v) is 11.2. The summed E-state index contributed by atoms with van der Waals surface area (Å²) >= 11 is 0. The molecule has 0 spiro atoms. The SMILES string of the molecule is C1=CC(CCCCCCOCC(COCCCCCCC2C=CC=C2)(COCCCCCCC2C=CC=C2)COCCCCCCC2C=CC=C2)C=C1. The molecule has 0 aromatic heterocycles. The van der Waals surface area contributed by atoms with Crippen LogP contribution in [-0.2, 0) is 18.9 Å². The summed E-state index contributed by atoms with van der Waals surface area (Å²) in [6.07, 6.45) is 60.7.